The van der Waals surface area contributed by atoms with Crippen molar-refractivity contribution in [2.45, 2.75) is 11.2 Å². The summed E-state index contributed by atoms with van der Waals surface area (Å²) in [7, 11) is 0. The molecule has 3 heteroatoms. The second kappa shape index (κ2) is 5.08. The van der Waals surface area contributed by atoms with E-state index in [1.807, 2.05) is 25.9 Å². The summed E-state index contributed by atoms with van der Waals surface area (Å²) in [4.78, 5) is 22.8. The fourth-order valence-electron chi connectivity index (χ4n) is 0.945. The minimum atomic E-state index is -0.0948. The summed E-state index contributed by atoms with van der Waals surface area (Å²) in [5.41, 5.74) is 0.612. The Bertz CT molecular complexity index is 306. The summed E-state index contributed by atoms with van der Waals surface area (Å²) >= 11 is 1.95. The van der Waals surface area contributed by atoms with Gasteiger partial charge in [0.15, 0.2) is 0 Å². The van der Waals surface area contributed by atoms with Crippen LogP contribution in [0, 0.1) is 0 Å². The van der Waals surface area contributed by atoms with Gasteiger partial charge in [0, 0.05) is 0 Å². The molecule has 0 radical (unpaired) electrons. The van der Waals surface area contributed by atoms with Gasteiger partial charge in [-0.25, -0.2) is 0 Å². The molecule has 0 spiro atoms. The number of benzene rings is 1. The minimum absolute atomic E-state index is 0.0180. The normalized spacial score (nSPS) is 9.69. The zero-order valence-electron chi connectivity index (χ0n) is 6.93. The van der Waals surface area contributed by atoms with Crippen molar-refractivity contribution in [2.24, 2.45) is 0 Å². The van der Waals surface area contributed by atoms with E-state index in [-0.39, 0.29) is 18.0 Å². The third kappa shape index (κ3) is 3.23. The number of carbonyl (C=O) groups excluding carboxylic acids is 2. The van der Waals surface area contributed by atoms with Crippen molar-refractivity contribution in [1.29, 1.82) is 0 Å². The van der Waals surface area contributed by atoms with Gasteiger partial charge in [0.2, 0.25) is 0 Å². The molecular weight excluding hydrogens is 347 g/mol. The molecule has 0 unspecified atom stereocenters. The van der Waals surface area contributed by atoms with E-state index in [2.05, 4.69) is 0 Å². The van der Waals surface area contributed by atoms with E-state index < -0.39 is 0 Å². The van der Waals surface area contributed by atoms with Gasteiger partial charge in [0.05, 0.1) is 0 Å². The third-order valence-electron chi connectivity index (χ3n) is 1.58. The summed E-state index contributed by atoms with van der Waals surface area (Å²) in [6, 6.07) is 8.88. The van der Waals surface area contributed by atoms with Gasteiger partial charge in [-0.1, -0.05) is 0 Å². The van der Waals surface area contributed by atoms with Crippen LogP contribution in [-0.2, 0) is 24.6 Å². The Kier molecular flexibility index (Phi) is 4.04. The second-order valence-corrected chi connectivity index (χ2v) is 3.42. The Morgan fingerprint density at radius 1 is 1.15 bits per heavy atom. The maximum atomic E-state index is 11.4. The molecule has 0 N–H and O–H groups in total. The molecule has 0 aliphatic carbocycles. The van der Waals surface area contributed by atoms with E-state index in [1.54, 1.807) is 24.3 Å². The Hall–Kier alpha value is -0.752. The van der Waals surface area contributed by atoms with Crippen molar-refractivity contribution < 1.29 is 29.4 Å². The average molecular weight is 356 g/mol. The molecule has 0 atom stereocenters. The quantitative estimate of drug-likeness (QED) is 0.609. The first kappa shape index (κ1) is 10.3. The number of Topliss-reactive ketones (excluding diaryl/α,β-unsaturated/α-hetero) is 2. The van der Waals surface area contributed by atoms with Crippen LogP contribution in [0.3, 0.4) is 0 Å². The number of hydrogen-bond acceptors (Lipinski definition) is 2. The van der Waals surface area contributed by atoms with Crippen LogP contribution < -0.4 is 0 Å². The van der Waals surface area contributed by atoms with Crippen molar-refractivity contribution in [3.63, 3.8) is 0 Å². The van der Waals surface area contributed by atoms with Gasteiger partial charge in [-0.05, 0) is 0 Å². The molecular formula is C10H9O2Pt. The zero-order chi connectivity index (χ0) is 9.68. The fourth-order valence-corrected chi connectivity index (χ4v) is 1.23. The molecule has 71 valence electrons. The van der Waals surface area contributed by atoms with Gasteiger partial charge in [-0.3, -0.25) is 0 Å². The van der Waals surface area contributed by atoms with Crippen LogP contribution in [0.1, 0.15) is 16.8 Å². The molecule has 1 rings (SSSR count). The molecule has 0 bridgehead atoms. The van der Waals surface area contributed by atoms with Crippen molar-refractivity contribution in [2.75, 3.05) is 0 Å². The van der Waals surface area contributed by atoms with Gasteiger partial charge in [0.1, 0.15) is 0 Å². The summed E-state index contributed by atoms with van der Waals surface area (Å²) in [5.74, 6) is -0.113. The standard InChI is InChI=1S/C10H9O2.Pt/c1-8(11)7-10(12)9-5-3-2-4-6-9;/h2-6H,1,7H2;. The van der Waals surface area contributed by atoms with E-state index in [0.717, 1.165) is 0 Å². The molecule has 0 aromatic heterocycles. The first-order chi connectivity index (χ1) is 6.24. The van der Waals surface area contributed by atoms with Gasteiger partial charge in [-0.15, -0.1) is 0 Å². The van der Waals surface area contributed by atoms with E-state index in [9.17, 15) is 9.59 Å². The number of carbonyl (C=O) groups is 2. The van der Waals surface area contributed by atoms with Gasteiger partial charge < -0.3 is 0 Å². The van der Waals surface area contributed by atoms with Crippen LogP contribution >= 0.6 is 0 Å². The SMILES string of the molecule is O=C([CH2][Pt])CC(=O)c1ccccc1. The second-order valence-electron chi connectivity index (χ2n) is 2.62. The maximum absolute atomic E-state index is 11.4. The molecule has 0 heterocycles. The Morgan fingerprint density at radius 3 is 2.31 bits per heavy atom. The first-order valence-electron chi connectivity index (χ1n) is 3.85. The molecule has 2 nitrogen and oxygen atoms in total. The van der Waals surface area contributed by atoms with E-state index >= 15 is 0 Å². The van der Waals surface area contributed by atoms with Crippen molar-refractivity contribution in [3.05, 3.63) is 35.9 Å². The Morgan fingerprint density at radius 2 is 1.77 bits per heavy atom. The van der Waals surface area contributed by atoms with Crippen LogP contribution in [0.2, 0.25) is 4.81 Å². The van der Waals surface area contributed by atoms with E-state index in [4.69, 9.17) is 0 Å². The number of rotatable bonds is 4. The topological polar surface area (TPSA) is 34.1 Å². The third-order valence-corrected chi connectivity index (χ3v) is 2.47. The summed E-state index contributed by atoms with van der Waals surface area (Å²) in [6.45, 7) is 0. The van der Waals surface area contributed by atoms with Crippen molar-refractivity contribution in [3.8, 4) is 0 Å². The van der Waals surface area contributed by atoms with E-state index in [0.29, 0.717) is 10.4 Å². The fraction of sp³-hybridized carbons (Fsp3) is 0.200. The summed E-state index contributed by atoms with van der Waals surface area (Å²) in [5, 5.41) is 0. The molecule has 1 aromatic rings. The van der Waals surface area contributed by atoms with E-state index in [1.165, 1.54) is 0 Å². The predicted octanol–water partition coefficient (Wildman–Crippen LogP) is 1.79. The summed E-state index contributed by atoms with van der Waals surface area (Å²) in [6.07, 6.45) is 0.0213. The average Bonchev–Trinajstić information content (AvgIpc) is 2.19. The molecule has 0 aliphatic heterocycles. The predicted molar refractivity (Wildman–Crippen MR) is 45.2 cm³/mol. The van der Waals surface area contributed by atoms with Crippen LogP contribution in [0.4, 0.5) is 0 Å². The molecule has 1 aromatic carbocycles. The molecule has 0 fully saturated rings. The van der Waals surface area contributed by atoms with Crippen LogP contribution in [0.15, 0.2) is 30.3 Å². The Balaban J connectivity index is 2.65. The molecule has 0 amide bonds. The summed E-state index contributed by atoms with van der Waals surface area (Å²) < 4.78 is 0. The van der Waals surface area contributed by atoms with Crippen molar-refractivity contribution in [1.82, 2.24) is 0 Å². The Labute approximate surface area is 88.2 Å². The van der Waals surface area contributed by atoms with Crippen LogP contribution in [-0.4, -0.2) is 11.6 Å². The molecule has 0 saturated carbocycles. The monoisotopic (exact) mass is 356 g/mol. The van der Waals surface area contributed by atoms with Gasteiger partial charge >= 0.3 is 88.1 Å². The van der Waals surface area contributed by atoms with Crippen LogP contribution in [0.5, 0.6) is 0 Å². The number of hydrogen-bond donors (Lipinski definition) is 0. The zero-order valence-corrected chi connectivity index (χ0v) is 9.21. The van der Waals surface area contributed by atoms with Gasteiger partial charge in [0.25, 0.3) is 0 Å². The molecule has 0 aliphatic rings. The first-order valence-corrected chi connectivity index (χ1v) is 5.46. The number of ketones is 2. The van der Waals surface area contributed by atoms with Gasteiger partial charge in [-0.2, -0.15) is 0 Å². The van der Waals surface area contributed by atoms with Crippen molar-refractivity contribution >= 4 is 11.6 Å². The molecule has 13 heavy (non-hydrogen) atoms. The molecule has 0 saturated heterocycles. The van der Waals surface area contributed by atoms with Crippen LogP contribution in [0.25, 0.3) is 0 Å².